The van der Waals surface area contributed by atoms with Crippen LogP contribution in [0.25, 0.3) is 0 Å². The van der Waals surface area contributed by atoms with E-state index in [1.165, 1.54) is 6.33 Å². The van der Waals surface area contributed by atoms with Crippen LogP contribution in [0.3, 0.4) is 0 Å². The molecule has 0 radical (unpaired) electrons. The van der Waals surface area contributed by atoms with Gasteiger partial charge in [0.2, 0.25) is 6.33 Å². The average Bonchev–Trinajstić information content (AvgIpc) is 2.36. The summed E-state index contributed by atoms with van der Waals surface area (Å²) in [5, 5.41) is 11.0. The molecule has 0 aliphatic heterocycles. The van der Waals surface area contributed by atoms with E-state index in [-0.39, 0.29) is 5.82 Å². The van der Waals surface area contributed by atoms with E-state index in [0.717, 1.165) is 0 Å². The number of imidazole rings is 1. The molecule has 1 heterocycles. The molecule has 0 aliphatic rings. The number of aryl methyl sites for hydroxylation is 1. The van der Waals surface area contributed by atoms with Crippen molar-refractivity contribution < 1.29 is 4.92 Å². The predicted octanol–water partition coefficient (Wildman–Crippen LogP) is 1.26. The number of H-pyrrole nitrogens is 1. The van der Waals surface area contributed by atoms with Crippen LogP contribution in [-0.4, -0.2) is 20.2 Å². The Morgan fingerprint density at radius 3 is 3.09 bits per heavy atom. The van der Waals surface area contributed by atoms with Crippen molar-refractivity contribution in [3.63, 3.8) is 0 Å². The molecular weight excluding hydrogens is 214 g/mol. The first kappa shape index (κ1) is 8.19. The van der Waals surface area contributed by atoms with Crippen LogP contribution in [0.1, 0.15) is 5.69 Å². The molecule has 60 valence electrons. The van der Waals surface area contributed by atoms with Crippen LogP contribution < -0.4 is 0 Å². The third-order valence-corrected chi connectivity index (χ3v) is 1.61. The third-order valence-electron chi connectivity index (χ3n) is 1.21. The summed E-state index contributed by atoms with van der Waals surface area (Å²) in [6.45, 7) is 0. The Morgan fingerprint density at radius 1 is 1.82 bits per heavy atom. The van der Waals surface area contributed by atoms with Gasteiger partial charge in [-0.1, -0.05) is 15.9 Å². The molecule has 1 N–H and O–H groups in total. The molecule has 0 fully saturated rings. The van der Waals surface area contributed by atoms with E-state index >= 15 is 0 Å². The molecular formula is C5H6BrN3O2. The molecule has 1 rings (SSSR count). The minimum absolute atomic E-state index is 0.0792. The molecule has 11 heavy (non-hydrogen) atoms. The monoisotopic (exact) mass is 219 g/mol. The Kier molecular flexibility index (Phi) is 2.58. The minimum Gasteiger partial charge on any atom is -0.358 e. The first-order valence-corrected chi connectivity index (χ1v) is 4.10. The van der Waals surface area contributed by atoms with Gasteiger partial charge in [0, 0.05) is 11.8 Å². The Balaban J connectivity index is 2.87. The zero-order chi connectivity index (χ0) is 8.27. The molecule has 0 amide bonds. The number of nitrogens with zero attached hydrogens (tertiary/aromatic N) is 2. The zero-order valence-corrected chi connectivity index (χ0v) is 7.17. The van der Waals surface area contributed by atoms with Gasteiger partial charge in [-0.25, -0.2) is 0 Å². The molecule has 5 nitrogen and oxygen atoms in total. The lowest BCUT2D eigenvalue weighted by molar-refractivity contribution is -0.390. The molecule has 0 bridgehead atoms. The number of hydrogen-bond donors (Lipinski definition) is 1. The third kappa shape index (κ3) is 1.76. The molecule has 0 aliphatic carbocycles. The zero-order valence-electron chi connectivity index (χ0n) is 5.58. The summed E-state index contributed by atoms with van der Waals surface area (Å²) in [6.07, 6.45) is 1.92. The van der Waals surface area contributed by atoms with Crippen LogP contribution >= 0.6 is 15.9 Å². The molecule has 0 spiro atoms. The highest BCUT2D eigenvalue weighted by atomic mass is 79.9. The van der Waals surface area contributed by atoms with Crippen molar-refractivity contribution >= 4 is 21.7 Å². The summed E-state index contributed by atoms with van der Waals surface area (Å²) < 4.78 is 0. The van der Waals surface area contributed by atoms with Crippen molar-refractivity contribution in [3.8, 4) is 0 Å². The van der Waals surface area contributed by atoms with Gasteiger partial charge < -0.3 is 15.1 Å². The second-order valence-electron chi connectivity index (χ2n) is 1.90. The summed E-state index contributed by atoms with van der Waals surface area (Å²) in [5.41, 5.74) is 0.562. The van der Waals surface area contributed by atoms with Gasteiger partial charge in [0.15, 0.2) is 0 Å². The van der Waals surface area contributed by atoms with Crippen molar-refractivity contribution in [3.05, 3.63) is 22.1 Å². The van der Waals surface area contributed by atoms with E-state index in [9.17, 15) is 10.1 Å². The van der Waals surface area contributed by atoms with Gasteiger partial charge in [-0.05, 0) is 9.91 Å². The van der Waals surface area contributed by atoms with Crippen LogP contribution in [0.15, 0.2) is 6.33 Å². The smallest absolute Gasteiger partial charge is 0.358 e. The maximum Gasteiger partial charge on any atom is 0.384 e. The van der Waals surface area contributed by atoms with Gasteiger partial charge in [0.1, 0.15) is 5.69 Å². The van der Waals surface area contributed by atoms with Crippen LogP contribution in [0.5, 0.6) is 0 Å². The molecule has 0 aromatic carbocycles. The largest absolute Gasteiger partial charge is 0.384 e. The van der Waals surface area contributed by atoms with Crippen LogP contribution in [0, 0.1) is 10.1 Å². The van der Waals surface area contributed by atoms with Gasteiger partial charge >= 0.3 is 5.82 Å². The predicted molar refractivity (Wildman–Crippen MR) is 42.7 cm³/mol. The second-order valence-corrected chi connectivity index (χ2v) is 2.69. The number of rotatable bonds is 3. The fourth-order valence-corrected chi connectivity index (χ4v) is 1.15. The van der Waals surface area contributed by atoms with Gasteiger partial charge in [0.25, 0.3) is 0 Å². The molecule has 6 heteroatoms. The van der Waals surface area contributed by atoms with Crippen LogP contribution in [-0.2, 0) is 6.42 Å². The van der Waals surface area contributed by atoms with Crippen LogP contribution in [0.2, 0.25) is 0 Å². The van der Waals surface area contributed by atoms with E-state index in [1.807, 2.05) is 0 Å². The molecule has 0 saturated heterocycles. The van der Waals surface area contributed by atoms with Gasteiger partial charge in [-0.15, -0.1) is 0 Å². The Bertz CT molecular complexity index is 260. The maximum atomic E-state index is 10.3. The maximum absolute atomic E-state index is 10.3. The number of nitro groups is 1. The lowest BCUT2D eigenvalue weighted by Crippen LogP contribution is -1.94. The second kappa shape index (κ2) is 3.47. The lowest BCUT2D eigenvalue weighted by atomic mass is 10.3. The summed E-state index contributed by atoms with van der Waals surface area (Å²) in [5.74, 6) is -0.0792. The number of halogens is 1. The highest BCUT2D eigenvalue weighted by Gasteiger charge is 2.14. The van der Waals surface area contributed by atoms with Crippen molar-refractivity contribution in [1.29, 1.82) is 0 Å². The number of aromatic amines is 1. The highest BCUT2D eigenvalue weighted by Crippen LogP contribution is 2.12. The number of hydrogen-bond acceptors (Lipinski definition) is 3. The minimum atomic E-state index is -0.492. The Labute approximate surface area is 71.1 Å². The first-order chi connectivity index (χ1) is 5.25. The topological polar surface area (TPSA) is 71.8 Å². The van der Waals surface area contributed by atoms with Gasteiger partial charge in [-0.2, -0.15) is 0 Å². The quantitative estimate of drug-likeness (QED) is 0.473. The molecule has 1 aromatic rings. The standard InChI is InChI=1S/C5H6BrN3O2/c6-2-1-4-5(9(10)11)8-3-7-4/h3H,1-2H2,(H,7,8). The van der Waals surface area contributed by atoms with Crippen molar-refractivity contribution in [2.24, 2.45) is 0 Å². The van der Waals surface area contributed by atoms with Crippen molar-refractivity contribution in [2.75, 3.05) is 5.33 Å². The summed E-state index contributed by atoms with van der Waals surface area (Å²) in [4.78, 5) is 16.0. The molecule has 0 atom stereocenters. The summed E-state index contributed by atoms with van der Waals surface area (Å²) in [7, 11) is 0. The summed E-state index contributed by atoms with van der Waals surface area (Å²) >= 11 is 3.18. The van der Waals surface area contributed by atoms with Crippen molar-refractivity contribution in [2.45, 2.75) is 6.42 Å². The number of nitrogens with one attached hydrogen (secondary N) is 1. The van der Waals surface area contributed by atoms with Gasteiger partial charge in [-0.3, -0.25) is 0 Å². The highest BCUT2D eigenvalue weighted by molar-refractivity contribution is 9.09. The Hall–Kier alpha value is -0.910. The normalized spacial score (nSPS) is 9.91. The van der Waals surface area contributed by atoms with Crippen LogP contribution in [0.4, 0.5) is 5.82 Å². The lowest BCUT2D eigenvalue weighted by Gasteiger charge is -1.91. The molecule has 0 saturated carbocycles. The van der Waals surface area contributed by atoms with Crippen molar-refractivity contribution in [1.82, 2.24) is 9.97 Å². The fraction of sp³-hybridized carbons (Fsp3) is 0.400. The van der Waals surface area contributed by atoms with E-state index in [0.29, 0.717) is 17.4 Å². The Morgan fingerprint density at radius 2 is 2.55 bits per heavy atom. The fourth-order valence-electron chi connectivity index (χ4n) is 0.750. The molecule has 1 aromatic heterocycles. The molecule has 0 unspecified atom stereocenters. The average molecular weight is 220 g/mol. The summed E-state index contributed by atoms with van der Waals surface area (Å²) in [6, 6.07) is 0. The number of aromatic nitrogens is 2. The SMILES string of the molecule is O=[N+]([O-])c1nc[nH]c1CCBr. The van der Waals surface area contributed by atoms with E-state index < -0.39 is 4.92 Å². The first-order valence-electron chi connectivity index (χ1n) is 2.98. The van der Waals surface area contributed by atoms with E-state index in [2.05, 4.69) is 25.9 Å². The number of alkyl halides is 1. The van der Waals surface area contributed by atoms with E-state index in [4.69, 9.17) is 0 Å². The van der Waals surface area contributed by atoms with E-state index in [1.54, 1.807) is 0 Å². The van der Waals surface area contributed by atoms with Gasteiger partial charge in [0.05, 0.1) is 0 Å².